The van der Waals surface area contributed by atoms with Gasteiger partial charge < -0.3 is 5.32 Å². The van der Waals surface area contributed by atoms with Crippen LogP contribution in [0, 0.1) is 19.7 Å². The quantitative estimate of drug-likeness (QED) is 0.659. The number of fused-ring (bicyclic) bond motifs is 1. The standard InChI is InChI=1S/C23H25FN2O/c1-15-10-11-18(16(2)12-15)7-4-6-17(3)26-23(27)20-13-19-8-5-9-21(24)22(19)25-14-20/h5,8-14,17H,4,6-7H2,1-3H3,(H,26,27). The summed E-state index contributed by atoms with van der Waals surface area (Å²) >= 11 is 0. The van der Waals surface area contributed by atoms with Crippen molar-refractivity contribution in [3.8, 4) is 0 Å². The highest BCUT2D eigenvalue weighted by Gasteiger charge is 2.12. The van der Waals surface area contributed by atoms with Crippen LogP contribution in [0.3, 0.4) is 0 Å². The van der Waals surface area contributed by atoms with Gasteiger partial charge in [0, 0.05) is 17.6 Å². The summed E-state index contributed by atoms with van der Waals surface area (Å²) in [6.07, 6.45) is 4.34. The molecule has 3 rings (SSSR count). The molecule has 4 heteroatoms. The van der Waals surface area contributed by atoms with Crippen LogP contribution in [0.2, 0.25) is 0 Å². The Labute approximate surface area is 159 Å². The van der Waals surface area contributed by atoms with Crippen molar-refractivity contribution in [3.05, 3.63) is 76.7 Å². The average molecular weight is 364 g/mol. The molecule has 0 saturated heterocycles. The monoisotopic (exact) mass is 364 g/mol. The summed E-state index contributed by atoms with van der Waals surface area (Å²) in [5.41, 5.74) is 4.70. The maximum atomic E-state index is 13.7. The highest BCUT2D eigenvalue weighted by molar-refractivity contribution is 5.97. The number of hydrogen-bond donors (Lipinski definition) is 1. The van der Waals surface area contributed by atoms with Gasteiger partial charge in [0.1, 0.15) is 11.3 Å². The Balaban J connectivity index is 1.56. The minimum absolute atomic E-state index is 0.0615. The van der Waals surface area contributed by atoms with Crippen molar-refractivity contribution in [1.29, 1.82) is 0 Å². The van der Waals surface area contributed by atoms with Crippen LogP contribution < -0.4 is 5.32 Å². The summed E-state index contributed by atoms with van der Waals surface area (Å²) in [5.74, 6) is -0.549. The van der Waals surface area contributed by atoms with Crippen molar-refractivity contribution in [3.63, 3.8) is 0 Å². The summed E-state index contributed by atoms with van der Waals surface area (Å²) in [6, 6.07) is 13.0. The van der Waals surface area contributed by atoms with E-state index < -0.39 is 0 Å². The van der Waals surface area contributed by atoms with Crippen LogP contribution in [0.4, 0.5) is 4.39 Å². The highest BCUT2D eigenvalue weighted by Crippen LogP contribution is 2.17. The molecule has 0 fully saturated rings. The first-order valence-corrected chi connectivity index (χ1v) is 9.35. The summed E-state index contributed by atoms with van der Waals surface area (Å²) in [5, 5.41) is 3.64. The van der Waals surface area contributed by atoms with Gasteiger partial charge in [0.25, 0.3) is 5.91 Å². The van der Waals surface area contributed by atoms with E-state index in [-0.39, 0.29) is 23.3 Å². The Bertz CT molecular complexity index is 968. The van der Waals surface area contributed by atoms with Gasteiger partial charge >= 0.3 is 0 Å². The SMILES string of the molecule is Cc1ccc(CCCC(C)NC(=O)c2cnc3c(F)cccc3c2)c(C)c1. The molecular weight excluding hydrogens is 339 g/mol. The average Bonchev–Trinajstić information content (AvgIpc) is 2.63. The van der Waals surface area contributed by atoms with E-state index in [0.717, 1.165) is 19.3 Å². The van der Waals surface area contributed by atoms with E-state index >= 15 is 0 Å². The number of aromatic nitrogens is 1. The van der Waals surface area contributed by atoms with Crippen molar-refractivity contribution in [2.24, 2.45) is 0 Å². The van der Waals surface area contributed by atoms with Crippen LogP contribution in [0.5, 0.6) is 0 Å². The lowest BCUT2D eigenvalue weighted by atomic mass is 9.99. The van der Waals surface area contributed by atoms with E-state index in [4.69, 9.17) is 0 Å². The molecule has 0 aliphatic heterocycles. The number of para-hydroxylation sites is 1. The van der Waals surface area contributed by atoms with Crippen LogP contribution in [-0.4, -0.2) is 16.9 Å². The number of pyridine rings is 1. The molecule has 1 unspecified atom stereocenters. The topological polar surface area (TPSA) is 42.0 Å². The lowest BCUT2D eigenvalue weighted by molar-refractivity contribution is 0.0938. The molecule has 27 heavy (non-hydrogen) atoms. The smallest absolute Gasteiger partial charge is 0.253 e. The van der Waals surface area contributed by atoms with Gasteiger partial charge in [0.2, 0.25) is 0 Å². The van der Waals surface area contributed by atoms with Crippen molar-refractivity contribution >= 4 is 16.8 Å². The third-order valence-electron chi connectivity index (χ3n) is 4.88. The van der Waals surface area contributed by atoms with Gasteiger partial charge in [0.15, 0.2) is 0 Å². The zero-order valence-electron chi connectivity index (χ0n) is 16.1. The van der Waals surface area contributed by atoms with Gasteiger partial charge in [-0.05, 0) is 63.3 Å². The molecule has 0 spiro atoms. The number of halogens is 1. The predicted octanol–water partition coefficient (Wildman–Crippen LogP) is 5.13. The molecule has 140 valence electrons. The van der Waals surface area contributed by atoms with Crippen LogP contribution in [0.25, 0.3) is 10.9 Å². The number of nitrogens with one attached hydrogen (secondary N) is 1. The Morgan fingerprint density at radius 3 is 2.78 bits per heavy atom. The molecule has 1 N–H and O–H groups in total. The molecule has 0 saturated carbocycles. The molecule has 2 aromatic carbocycles. The molecule has 3 nitrogen and oxygen atoms in total. The third-order valence-corrected chi connectivity index (χ3v) is 4.88. The second-order valence-corrected chi connectivity index (χ2v) is 7.23. The summed E-state index contributed by atoms with van der Waals surface area (Å²) in [4.78, 5) is 16.6. The fourth-order valence-electron chi connectivity index (χ4n) is 3.35. The van der Waals surface area contributed by atoms with Crippen molar-refractivity contribution in [2.75, 3.05) is 0 Å². The minimum Gasteiger partial charge on any atom is -0.350 e. The van der Waals surface area contributed by atoms with E-state index in [0.29, 0.717) is 10.9 Å². The van der Waals surface area contributed by atoms with Crippen molar-refractivity contribution < 1.29 is 9.18 Å². The van der Waals surface area contributed by atoms with E-state index in [2.05, 4.69) is 42.3 Å². The van der Waals surface area contributed by atoms with Crippen LogP contribution in [0.1, 0.15) is 46.8 Å². The lowest BCUT2D eigenvalue weighted by Crippen LogP contribution is -2.32. The molecule has 1 heterocycles. The number of carbonyl (C=O) groups excluding carboxylic acids is 1. The molecule has 1 aromatic heterocycles. The predicted molar refractivity (Wildman–Crippen MR) is 107 cm³/mol. The summed E-state index contributed by atoms with van der Waals surface area (Å²) < 4.78 is 13.7. The number of benzene rings is 2. The maximum absolute atomic E-state index is 13.7. The number of aryl methyl sites for hydroxylation is 3. The lowest BCUT2D eigenvalue weighted by Gasteiger charge is -2.14. The fraction of sp³-hybridized carbons (Fsp3) is 0.304. The first kappa shape index (κ1) is 19.0. The highest BCUT2D eigenvalue weighted by atomic mass is 19.1. The first-order valence-electron chi connectivity index (χ1n) is 9.35. The van der Waals surface area contributed by atoms with Crippen molar-refractivity contribution in [1.82, 2.24) is 10.3 Å². The van der Waals surface area contributed by atoms with Crippen LogP contribution in [-0.2, 0) is 6.42 Å². The number of hydrogen-bond acceptors (Lipinski definition) is 2. The number of rotatable bonds is 6. The Morgan fingerprint density at radius 2 is 2.00 bits per heavy atom. The summed E-state index contributed by atoms with van der Waals surface area (Å²) in [7, 11) is 0. The normalized spacial score (nSPS) is 12.1. The van der Waals surface area contributed by atoms with Crippen LogP contribution >= 0.6 is 0 Å². The maximum Gasteiger partial charge on any atom is 0.253 e. The molecule has 1 atom stereocenters. The Kier molecular flexibility index (Phi) is 5.84. The second-order valence-electron chi connectivity index (χ2n) is 7.23. The zero-order chi connectivity index (χ0) is 19.4. The van der Waals surface area contributed by atoms with Gasteiger partial charge in [-0.2, -0.15) is 0 Å². The van der Waals surface area contributed by atoms with E-state index in [1.807, 2.05) is 6.92 Å². The zero-order valence-corrected chi connectivity index (χ0v) is 16.1. The molecule has 0 bridgehead atoms. The molecule has 0 aliphatic rings. The Hall–Kier alpha value is -2.75. The number of carbonyl (C=O) groups is 1. The van der Waals surface area contributed by atoms with Gasteiger partial charge in [-0.15, -0.1) is 0 Å². The molecular formula is C23H25FN2O. The van der Waals surface area contributed by atoms with Gasteiger partial charge in [0.05, 0.1) is 5.56 Å². The van der Waals surface area contributed by atoms with Crippen LogP contribution in [0.15, 0.2) is 48.7 Å². The molecule has 1 amide bonds. The molecule has 3 aromatic rings. The fourth-order valence-corrected chi connectivity index (χ4v) is 3.35. The third kappa shape index (κ3) is 4.70. The minimum atomic E-state index is -0.376. The summed E-state index contributed by atoms with van der Waals surface area (Å²) in [6.45, 7) is 6.25. The molecule has 0 aliphatic carbocycles. The Morgan fingerprint density at radius 1 is 1.19 bits per heavy atom. The number of nitrogens with zero attached hydrogens (tertiary/aromatic N) is 1. The van der Waals surface area contributed by atoms with Gasteiger partial charge in [-0.3, -0.25) is 9.78 Å². The van der Waals surface area contributed by atoms with Gasteiger partial charge in [-0.1, -0.05) is 35.9 Å². The van der Waals surface area contributed by atoms with Gasteiger partial charge in [-0.25, -0.2) is 4.39 Å². The first-order chi connectivity index (χ1) is 12.9. The second kappa shape index (κ2) is 8.30. The van der Waals surface area contributed by atoms with Crippen molar-refractivity contribution in [2.45, 2.75) is 46.1 Å². The van der Waals surface area contributed by atoms with E-state index in [9.17, 15) is 9.18 Å². The molecule has 0 radical (unpaired) electrons. The largest absolute Gasteiger partial charge is 0.350 e. The van der Waals surface area contributed by atoms with E-state index in [1.165, 1.54) is 29.0 Å². The van der Waals surface area contributed by atoms with E-state index in [1.54, 1.807) is 18.2 Å². The number of amides is 1.